The van der Waals surface area contributed by atoms with E-state index in [0.717, 1.165) is 18.3 Å². The summed E-state index contributed by atoms with van der Waals surface area (Å²) in [5, 5.41) is 6.54. The molecule has 2 N–H and O–H groups in total. The lowest BCUT2D eigenvalue weighted by Crippen LogP contribution is -2.39. The Labute approximate surface area is 185 Å². The molecular weight excluding hydrogens is 467 g/mol. The second-order valence-corrected chi connectivity index (χ2v) is 7.78. The number of hydrogen-bond acceptors (Lipinski definition) is 4. The van der Waals surface area contributed by atoms with Crippen molar-refractivity contribution in [2.45, 2.75) is 46.3 Å². The Morgan fingerprint density at radius 2 is 1.93 bits per heavy atom. The number of halogens is 1. The number of oxazole rings is 1. The van der Waals surface area contributed by atoms with Crippen molar-refractivity contribution in [3.8, 4) is 0 Å². The zero-order chi connectivity index (χ0) is 19.7. The highest BCUT2D eigenvalue weighted by Gasteiger charge is 2.19. The topological polar surface area (TPSA) is 71.7 Å². The van der Waals surface area contributed by atoms with Crippen molar-refractivity contribution in [1.29, 1.82) is 0 Å². The molecular formula is C21H33IN4O2. The summed E-state index contributed by atoms with van der Waals surface area (Å²) >= 11 is 0. The molecule has 7 heteroatoms. The second-order valence-electron chi connectivity index (χ2n) is 7.78. The fourth-order valence-electron chi connectivity index (χ4n) is 2.40. The lowest BCUT2D eigenvalue weighted by Gasteiger charge is -2.16. The van der Waals surface area contributed by atoms with Crippen LogP contribution in [0.4, 0.5) is 0 Å². The molecule has 28 heavy (non-hydrogen) atoms. The number of benzene rings is 1. The van der Waals surface area contributed by atoms with Gasteiger partial charge in [-0.25, -0.2) is 4.98 Å². The molecule has 0 aliphatic heterocycles. The Hall–Kier alpha value is -1.61. The van der Waals surface area contributed by atoms with Gasteiger partial charge in [-0.3, -0.25) is 4.99 Å². The van der Waals surface area contributed by atoms with Crippen LogP contribution < -0.4 is 10.6 Å². The van der Waals surface area contributed by atoms with Crippen LogP contribution in [0.3, 0.4) is 0 Å². The third-order valence-corrected chi connectivity index (χ3v) is 4.06. The third kappa shape index (κ3) is 8.60. The van der Waals surface area contributed by atoms with Gasteiger partial charge >= 0.3 is 0 Å². The van der Waals surface area contributed by atoms with E-state index in [1.165, 1.54) is 5.56 Å². The number of hydrogen-bond donors (Lipinski definition) is 2. The Kier molecular flexibility index (Phi) is 10.5. The van der Waals surface area contributed by atoms with E-state index in [-0.39, 0.29) is 29.4 Å². The Morgan fingerprint density at radius 3 is 2.54 bits per heavy atom. The number of aliphatic imine (C=N–C) groups is 1. The summed E-state index contributed by atoms with van der Waals surface area (Å²) in [4.78, 5) is 8.56. The molecule has 6 nitrogen and oxygen atoms in total. The SMILES string of the molecule is CN=C(NCc1ncc(C(C)(C)C)o1)NCC(C)COCc1ccccc1.I. The molecule has 0 aliphatic rings. The van der Waals surface area contributed by atoms with E-state index in [0.29, 0.717) is 31.6 Å². The summed E-state index contributed by atoms with van der Waals surface area (Å²) in [6, 6.07) is 10.2. The molecule has 1 heterocycles. The van der Waals surface area contributed by atoms with Crippen molar-refractivity contribution in [2.24, 2.45) is 10.9 Å². The van der Waals surface area contributed by atoms with Crippen molar-refractivity contribution in [1.82, 2.24) is 15.6 Å². The first-order chi connectivity index (χ1) is 12.9. The average Bonchev–Trinajstić information content (AvgIpc) is 3.12. The Balaban J connectivity index is 0.00000392. The lowest BCUT2D eigenvalue weighted by molar-refractivity contribution is 0.0931. The lowest BCUT2D eigenvalue weighted by atomic mass is 9.94. The third-order valence-electron chi connectivity index (χ3n) is 4.06. The zero-order valence-corrected chi connectivity index (χ0v) is 19.8. The van der Waals surface area contributed by atoms with E-state index in [1.807, 2.05) is 18.2 Å². The van der Waals surface area contributed by atoms with Gasteiger partial charge in [-0.2, -0.15) is 0 Å². The zero-order valence-electron chi connectivity index (χ0n) is 17.5. The molecule has 0 spiro atoms. The van der Waals surface area contributed by atoms with Gasteiger partial charge in [0, 0.05) is 19.0 Å². The van der Waals surface area contributed by atoms with Crippen LogP contribution in [0.25, 0.3) is 0 Å². The van der Waals surface area contributed by atoms with E-state index < -0.39 is 0 Å². The minimum atomic E-state index is -0.0413. The first-order valence-electron chi connectivity index (χ1n) is 9.40. The van der Waals surface area contributed by atoms with E-state index in [1.54, 1.807) is 13.2 Å². The molecule has 0 saturated heterocycles. The average molecular weight is 500 g/mol. The molecule has 0 saturated carbocycles. The van der Waals surface area contributed by atoms with Crippen LogP contribution in [-0.4, -0.2) is 31.1 Å². The van der Waals surface area contributed by atoms with Gasteiger partial charge in [-0.05, 0) is 11.5 Å². The second kappa shape index (κ2) is 12.1. The molecule has 0 aliphatic carbocycles. The molecule has 1 unspecified atom stereocenters. The summed E-state index contributed by atoms with van der Waals surface area (Å²) < 4.78 is 11.6. The van der Waals surface area contributed by atoms with Crippen molar-refractivity contribution in [3.05, 3.63) is 53.7 Å². The van der Waals surface area contributed by atoms with E-state index in [4.69, 9.17) is 9.15 Å². The van der Waals surface area contributed by atoms with Crippen LogP contribution in [0.2, 0.25) is 0 Å². The highest BCUT2D eigenvalue weighted by molar-refractivity contribution is 14.0. The molecule has 156 valence electrons. The number of nitrogens with zero attached hydrogens (tertiary/aromatic N) is 2. The maximum Gasteiger partial charge on any atom is 0.213 e. The van der Waals surface area contributed by atoms with Crippen LogP contribution in [-0.2, 0) is 23.3 Å². The molecule has 2 aromatic rings. The van der Waals surface area contributed by atoms with Gasteiger partial charge in [0.05, 0.1) is 26.0 Å². The molecule has 1 aromatic heterocycles. The molecule has 1 aromatic carbocycles. The highest BCUT2D eigenvalue weighted by atomic mass is 127. The molecule has 2 rings (SSSR count). The number of nitrogens with one attached hydrogen (secondary N) is 2. The first kappa shape index (κ1) is 24.4. The maximum atomic E-state index is 5.79. The number of aromatic nitrogens is 1. The highest BCUT2D eigenvalue weighted by Crippen LogP contribution is 2.22. The van der Waals surface area contributed by atoms with Gasteiger partial charge in [0.15, 0.2) is 5.96 Å². The van der Waals surface area contributed by atoms with Crippen LogP contribution >= 0.6 is 24.0 Å². The van der Waals surface area contributed by atoms with Crippen LogP contribution in [0.5, 0.6) is 0 Å². The minimum absolute atomic E-state index is 0. The summed E-state index contributed by atoms with van der Waals surface area (Å²) in [7, 11) is 1.75. The first-order valence-corrected chi connectivity index (χ1v) is 9.40. The standard InChI is InChI=1S/C21H32N4O2.HI/c1-16(14-26-15-17-9-7-6-8-10-17)11-24-20(22-5)25-13-19-23-12-18(27-19)21(2,3)4;/h6-10,12,16H,11,13-15H2,1-5H3,(H2,22,24,25);1H. The number of rotatable bonds is 8. The predicted molar refractivity (Wildman–Crippen MR) is 124 cm³/mol. The van der Waals surface area contributed by atoms with Gasteiger partial charge in [0.25, 0.3) is 0 Å². The van der Waals surface area contributed by atoms with Gasteiger partial charge in [0.1, 0.15) is 5.76 Å². The molecule has 0 amide bonds. The van der Waals surface area contributed by atoms with Gasteiger partial charge < -0.3 is 19.8 Å². The molecule has 1 atom stereocenters. The molecule has 0 bridgehead atoms. The largest absolute Gasteiger partial charge is 0.443 e. The summed E-state index contributed by atoms with van der Waals surface area (Å²) in [5.41, 5.74) is 1.15. The summed E-state index contributed by atoms with van der Waals surface area (Å²) in [5.74, 6) is 2.62. The Bertz CT molecular complexity index is 711. The smallest absolute Gasteiger partial charge is 0.213 e. The fraction of sp³-hybridized carbons (Fsp3) is 0.524. The molecule has 0 fully saturated rings. The van der Waals surface area contributed by atoms with Crippen molar-refractivity contribution < 1.29 is 9.15 Å². The molecule has 0 radical (unpaired) electrons. The predicted octanol–water partition coefficient (Wildman–Crippen LogP) is 4.11. The summed E-state index contributed by atoms with van der Waals surface area (Å²) in [6.07, 6.45) is 1.79. The van der Waals surface area contributed by atoms with Gasteiger partial charge in [-0.1, -0.05) is 58.0 Å². The summed E-state index contributed by atoms with van der Waals surface area (Å²) in [6.45, 7) is 11.0. The monoisotopic (exact) mass is 500 g/mol. The van der Waals surface area contributed by atoms with Crippen LogP contribution in [0.1, 0.15) is 44.9 Å². The van der Waals surface area contributed by atoms with Crippen LogP contribution in [0.15, 0.2) is 45.9 Å². The Morgan fingerprint density at radius 1 is 1.21 bits per heavy atom. The van der Waals surface area contributed by atoms with Gasteiger partial charge in [-0.15, -0.1) is 24.0 Å². The fourth-order valence-corrected chi connectivity index (χ4v) is 2.40. The van der Waals surface area contributed by atoms with E-state index in [9.17, 15) is 0 Å². The maximum absolute atomic E-state index is 5.79. The van der Waals surface area contributed by atoms with Crippen molar-refractivity contribution in [2.75, 3.05) is 20.2 Å². The number of ether oxygens (including phenoxy) is 1. The normalized spacial score (nSPS) is 13.0. The van der Waals surface area contributed by atoms with Crippen LogP contribution in [0, 0.1) is 5.92 Å². The quantitative estimate of drug-likeness (QED) is 0.325. The number of guanidine groups is 1. The van der Waals surface area contributed by atoms with E-state index >= 15 is 0 Å². The van der Waals surface area contributed by atoms with Gasteiger partial charge in [0.2, 0.25) is 5.89 Å². The van der Waals surface area contributed by atoms with Crippen molar-refractivity contribution in [3.63, 3.8) is 0 Å². The van der Waals surface area contributed by atoms with E-state index in [2.05, 4.69) is 60.4 Å². The van der Waals surface area contributed by atoms with Crippen molar-refractivity contribution >= 4 is 29.9 Å². The minimum Gasteiger partial charge on any atom is -0.443 e.